The fraction of sp³-hybridized carbons (Fsp3) is 0.471. The quantitative estimate of drug-likeness (QED) is 0.916. The van der Waals surface area contributed by atoms with Gasteiger partial charge in [0.25, 0.3) is 5.56 Å². The summed E-state index contributed by atoms with van der Waals surface area (Å²) < 4.78 is 1.39. The van der Waals surface area contributed by atoms with Crippen LogP contribution in [0.25, 0.3) is 10.9 Å². The zero-order chi connectivity index (χ0) is 16.4. The monoisotopic (exact) mass is 314 g/mol. The summed E-state index contributed by atoms with van der Waals surface area (Å²) in [6.45, 7) is 3.42. The Bertz CT molecular complexity index is 769. The minimum atomic E-state index is -0.176. The normalized spacial score (nSPS) is 19.7. The first-order valence-electron chi connectivity index (χ1n) is 8.04. The number of nitrogens with two attached hydrogens (primary N) is 1. The Labute approximate surface area is 134 Å². The highest BCUT2D eigenvalue weighted by Crippen LogP contribution is 2.19. The maximum atomic E-state index is 12.5. The minimum Gasteiger partial charge on any atom is -0.341 e. The van der Waals surface area contributed by atoms with Crippen LogP contribution < -0.4 is 11.3 Å². The highest BCUT2D eigenvalue weighted by molar-refractivity contribution is 5.79. The average molecular weight is 314 g/mol. The molecule has 2 heterocycles. The van der Waals surface area contributed by atoms with Crippen molar-refractivity contribution in [3.63, 3.8) is 0 Å². The first kappa shape index (κ1) is 15.7. The van der Waals surface area contributed by atoms with Crippen LogP contribution in [0, 0.1) is 5.92 Å². The van der Waals surface area contributed by atoms with E-state index in [1.807, 2.05) is 17.9 Å². The summed E-state index contributed by atoms with van der Waals surface area (Å²) in [5.74, 6) is 0.286. The number of hydrogen-bond acceptors (Lipinski definition) is 4. The van der Waals surface area contributed by atoms with Crippen molar-refractivity contribution in [2.45, 2.75) is 32.4 Å². The molecule has 122 valence electrons. The summed E-state index contributed by atoms with van der Waals surface area (Å²) in [5.41, 5.74) is 6.44. The summed E-state index contributed by atoms with van der Waals surface area (Å²) >= 11 is 0. The lowest BCUT2D eigenvalue weighted by molar-refractivity contribution is -0.133. The first-order chi connectivity index (χ1) is 11.1. The molecule has 0 spiro atoms. The Balaban J connectivity index is 1.78. The molecule has 6 heteroatoms. The van der Waals surface area contributed by atoms with E-state index in [2.05, 4.69) is 4.98 Å². The standard InChI is InChI=1S/C17H22N4O2/c1-12(18)13-5-4-8-20(9-13)16(22)10-21-11-19-15-7-3-2-6-14(15)17(21)23/h2-3,6-7,11-13H,4-5,8-10,18H2,1H3. The second kappa shape index (κ2) is 6.50. The highest BCUT2D eigenvalue weighted by atomic mass is 16.2. The van der Waals surface area contributed by atoms with Gasteiger partial charge in [0.2, 0.25) is 5.91 Å². The van der Waals surface area contributed by atoms with Gasteiger partial charge < -0.3 is 10.6 Å². The van der Waals surface area contributed by atoms with Gasteiger partial charge in [0.15, 0.2) is 0 Å². The fourth-order valence-corrected chi connectivity index (χ4v) is 3.13. The van der Waals surface area contributed by atoms with Gasteiger partial charge in [0.1, 0.15) is 6.54 Å². The number of nitrogens with zero attached hydrogens (tertiary/aromatic N) is 3. The molecule has 1 aromatic heterocycles. The van der Waals surface area contributed by atoms with Gasteiger partial charge in [-0.25, -0.2) is 4.98 Å². The zero-order valence-corrected chi connectivity index (χ0v) is 13.3. The zero-order valence-electron chi connectivity index (χ0n) is 13.3. The molecule has 2 N–H and O–H groups in total. The Kier molecular flexibility index (Phi) is 4.43. The van der Waals surface area contributed by atoms with E-state index in [1.54, 1.807) is 18.2 Å². The number of hydrogen-bond donors (Lipinski definition) is 1. The molecule has 0 bridgehead atoms. The van der Waals surface area contributed by atoms with Crippen molar-refractivity contribution in [2.75, 3.05) is 13.1 Å². The molecule has 6 nitrogen and oxygen atoms in total. The van der Waals surface area contributed by atoms with Gasteiger partial charge in [-0.15, -0.1) is 0 Å². The molecule has 2 aromatic rings. The third kappa shape index (κ3) is 3.27. The van der Waals surface area contributed by atoms with Crippen molar-refractivity contribution in [3.05, 3.63) is 40.9 Å². The maximum absolute atomic E-state index is 12.5. The molecule has 3 rings (SSSR count). The molecule has 0 saturated carbocycles. The van der Waals surface area contributed by atoms with Crippen LogP contribution in [0.4, 0.5) is 0 Å². The van der Waals surface area contributed by atoms with Gasteiger partial charge in [0.05, 0.1) is 17.2 Å². The van der Waals surface area contributed by atoms with Crippen LogP contribution in [0.2, 0.25) is 0 Å². The third-order valence-corrected chi connectivity index (χ3v) is 4.59. The number of benzene rings is 1. The number of carbonyl (C=O) groups excluding carboxylic acids is 1. The number of fused-ring (bicyclic) bond motifs is 1. The van der Waals surface area contributed by atoms with Crippen LogP contribution in [0.1, 0.15) is 19.8 Å². The molecule has 1 amide bonds. The maximum Gasteiger partial charge on any atom is 0.261 e. The predicted octanol–water partition coefficient (Wildman–Crippen LogP) is 0.982. The lowest BCUT2D eigenvalue weighted by atomic mass is 9.92. The lowest BCUT2D eigenvalue weighted by Crippen LogP contribution is -2.46. The van der Waals surface area contributed by atoms with Crippen LogP contribution in [0.5, 0.6) is 0 Å². The summed E-state index contributed by atoms with van der Waals surface area (Å²) in [6, 6.07) is 7.25. The number of piperidine rings is 1. The molecular weight excluding hydrogens is 292 g/mol. The van der Waals surface area contributed by atoms with E-state index < -0.39 is 0 Å². The Hall–Kier alpha value is -2.21. The molecule has 0 aliphatic carbocycles. The van der Waals surface area contributed by atoms with Gasteiger partial charge in [-0.2, -0.15) is 0 Å². The SMILES string of the molecule is CC(N)C1CCCN(C(=O)Cn2cnc3ccccc3c2=O)C1. The van der Waals surface area contributed by atoms with Crippen molar-refractivity contribution < 1.29 is 4.79 Å². The van der Waals surface area contributed by atoms with E-state index in [-0.39, 0.29) is 24.1 Å². The summed E-state index contributed by atoms with van der Waals surface area (Å²) in [7, 11) is 0. The number of likely N-dealkylation sites (tertiary alicyclic amines) is 1. The van der Waals surface area contributed by atoms with Crippen molar-refractivity contribution in [1.82, 2.24) is 14.5 Å². The number of carbonyl (C=O) groups is 1. The van der Waals surface area contributed by atoms with E-state index in [9.17, 15) is 9.59 Å². The fourth-order valence-electron chi connectivity index (χ4n) is 3.13. The first-order valence-corrected chi connectivity index (χ1v) is 8.04. The minimum absolute atomic E-state index is 0.0301. The van der Waals surface area contributed by atoms with Crippen LogP contribution in [-0.2, 0) is 11.3 Å². The van der Waals surface area contributed by atoms with E-state index in [0.717, 1.165) is 19.4 Å². The van der Waals surface area contributed by atoms with Crippen LogP contribution in [-0.4, -0.2) is 39.5 Å². The molecule has 1 aromatic carbocycles. The summed E-state index contributed by atoms with van der Waals surface area (Å²) in [6.07, 6.45) is 3.47. The van der Waals surface area contributed by atoms with Gasteiger partial charge >= 0.3 is 0 Å². The van der Waals surface area contributed by atoms with E-state index in [1.165, 1.54) is 10.9 Å². The molecule has 23 heavy (non-hydrogen) atoms. The number of aromatic nitrogens is 2. The second-order valence-corrected chi connectivity index (χ2v) is 6.30. The van der Waals surface area contributed by atoms with Crippen LogP contribution in [0.3, 0.4) is 0 Å². The molecule has 0 radical (unpaired) electrons. The summed E-state index contributed by atoms with van der Waals surface area (Å²) in [5, 5.41) is 0.537. The number of para-hydroxylation sites is 1. The van der Waals surface area contributed by atoms with E-state index in [4.69, 9.17) is 5.73 Å². The third-order valence-electron chi connectivity index (χ3n) is 4.59. The van der Waals surface area contributed by atoms with E-state index in [0.29, 0.717) is 23.4 Å². The van der Waals surface area contributed by atoms with Crippen molar-refractivity contribution in [2.24, 2.45) is 11.7 Å². The second-order valence-electron chi connectivity index (χ2n) is 6.30. The largest absolute Gasteiger partial charge is 0.341 e. The molecule has 1 saturated heterocycles. The van der Waals surface area contributed by atoms with E-state index >= 15 is 0 Å². The molecule has 1 aliphatic heterocycles. The Morgan fingerprint density at radius 2 is 2.22 bits per heavy atom. The van der Waals surface area contributed by atoms with Crippen molar-refractivity contribution in [3.8, 4) is 0 Å². The van der Waals surface area contributed by atoms with Gasteiger partial charge in [-0.1, -0.05) is 12.1 Å². The smallest absolute Gasteiger partial charge is 0.261 e. The molecule has 1 fully saturated rings. The highest BCUT2D eigenvalue weighted by Gasteiger charge is 2.26. The number of amides is 1. The average Bonchev–Trinajstić information content (AvgIpc) is 2.57. The molecule has 2 atom stereocenters. The summed E-state index contributed by atoms with van der Waals surface area (Å²) in [4.78, 5) is 31.0. The van der Waals surface area contributed by atoms with Gasteiger partial charge in [-0.3, -0.25) is 14.2 Å². The van der Waals surface area contributed by atoms with Crippen molar-refractivity contribution in [1.29, 1.82) is 0 Å². The topological polar surface area (TPSA) is 81.2 Å². The molecule has 1 aliphatic rings. The van der Waals surface area contributed by atoms with Gasteiger partial charge in [-0.05, 0) is 37.8 Å². The van der Waals surface area contributed by atoms with Crippen LogP contribution in [0.15, 0.2) is 35.4 Å². The molecule has 2 unspecified atom stereocenters. The number of rotatable bonds is 3. The van der Waals surface area contributed by atoms with Crippen molar-refractivity contribution >= 4 is 16.8 Å². The Morgan fingerprint density at radius 3 is 3.00 bits per heavy atom. The van der Waals surface area contributed by atoms with Gasteiger partial charge in [0, 0.05) is 19.1 Å². The predicted molar refractivity (Wildman–Crippen MR) is 89.0 cm³/mol. The Morgan fingerprint density at radius 1 is 1.43 bits per heavy atom. The van der Waals surface area contributed by atoms with Crippen LogP contribution >= 0.6 is 0 Å². The lowest BCUT2D eigenvalue weighted by Gasteiger charge is -2.34. The molecular formula is C17H22N4O2.